The molecular formula is C25H25FN4O2. The van der Waals surface area contributed by atoms with Crippen molar-refractivity contribution in [2.75, 3.05) is 5.32 Å². The number of hydrogen-bond donors (Lipinski definition) is 1. The van der Waals surface area contributed by atoms with E-state index >= 15 is 0 Å². The smallest absolute Gasteiger partial charge is 0.255 e. The van der Waals surface area contributed by atoms with Gasteiger partial charge in [-0.3, -0.25) is 14.2 Å². The van der Waals surface area contributed by atoms with Gasteiger partial charge in [0, 0.05) is 30.1 Å². The van der Waals surface area contributed by atoms with Crippen LogP contribution in [0.15, 0.2) is 53.3 Å². The van der Waals surface area contributed by atoms with Gasteiger partial charge >= 0.3 is 0 Å². The molecule has 6 nitrogen and oxygen atoms in total. The Morgan fingerprint density at radius 1 is 1.09 bits per heavy atom. The molecule has 1 amide bonds. The zero-order valence-corrected chi connectivity index (χ0v) is 18.6. The summed E-state index contributed by atoms with van der Waals surface area (Å²) >= 11 is 0. The number of nitrogens with zero attached hydrogens (tertiary/aromatic N) is 3. The summed E-state index contributed by atoms with van der Waals surface area (Å²) in [6.07, 6.45) is 0.503. The first kappa shape index (κ1) is 21.5. The van der Waals surface area contributed by atoms with Crippen molar-refractivity contribution >= 4 is 22.6 Å². The van der Waals surface area contributed by atoms with Crippen LogP contribution in [0.4, 0.5) is 10.1 Å². The predicted molar refractivity (Wildman–Crippen MR) is 124 cm³/mol. The van der Waals surface area contributed by atoms with E-state index < -0.39 is 0 Å². The third kappa shape index (κ3) is 3.93. The fraction of sp³-hybridized carbons (Fsp3) is 0.240. The minimum atomic E-state index is -0.373. The van der Waals surface area contributed by atoms with Crippen LogP contribution in [-0.2, 0) is 18.3 Å². The molecule has 2 heterocycles. The van der Waals surface area contributed by atoms with Crippen LogP contribution in [0.3, 0.4) is 0 Å². The monoisotopic (exact) mass is 432 g/mol. The van der Waals surface area contributed by atoms with Crippen LogP contribution >= 0.6 is 0 Å². The third-order valence-electron chi connectivity index (χ3n) is 5.73. The Morgan fingerprint density at radius 2 is 1.81 bits per heavy atom. The molecule has 4 aromatic rings. The van der Waals surface area contributed by atoms with Crippen molar-refractivity contribution in [3.05, 3.63) is 87.1 Å². The second kappa shape index (κ2) is 8.42. The molecule has 0 aliphatic heterocycles. The molecule has 32 heavy (non-hydrogen) atoms. The van der Waals surface area contributed by atoms with Gasteiger partial charge < -0.3 is 5.32 Å². The maximum atomic E-state index is 13.8. The molecule has 164 valence electrons. The normalized spacial score (nSPS) is 11.2. The summed E-state index contributed by atoms with van der Waals surface area (Å²) in [5.41, 5.74) is 4.93. The largest absolute Gasteiger partial charge is 0.326 e. The van der Waals surface area contributed by atoms with E-state index in [9.17, 15) is 14.0 Å². The van der Waals surface area contributed by atoms with Crippen LogP contribution in [-0.4, -0.2) is 20.3 Å². The van der Waals surface area contributed by atoms with Crippen LogP contribution in [0, 0.1) is 26.6 Å². The van der Waals surface area contributed by atoms with Crippen molar-refractivity contribution in [2.24, 2.45) is 7.05 Å². The fourth-order valence-corrected chi connectivity index (χ4v) is 4.06. The summed E-state index contributed by atoms with van der Waals surface area (Å²) in [6.45, 7) is 5.73. The molecule has 0 saturated carbocycles. The Kier molecular flexibility index (Phi) is 5.65. The van der Waals surface area contributed by atoms with E-state index in [4.69, 9.17) is 0 Å². The maximum absolute atomic E-state index is 13.8. The molecule has 1 N–H and O–H groups in total. The number of carbonyl (C=O) groups excluding carboxylic acids is 1. The van der Waals surface area contributed by atoms with E-state index in [1.807, 2.05) is 45.0 Å². The number of hydrogen-bond acceptors (Lipinski definition) is 3. The Bertz CT molecular complexity index is 1380. The standard InChI is InChI=1S/C25H25FN4O2/c1-15-8-10-19(11-9-15)27-22(31)13-12-21-16(2)23-17(3)28-30(24(23)29(4)25(21)32)20-7-5-6-18(26)14-20/h5-11,14H,12-13H2,1-4H3,(H,27,31). The Labute approximate surface area is 185 Å². The summed E-state index contributed by atoms with van der Waals surface area (Å²) in [5, 5.41) is 8.29. The van der Waals surface area contributed by atoms with Crippen molar-refractivity contribution in [3.63, 3.8) is 0 Å². The highest BCUT2D eigenvalue weighted by Gasteiger charge is 2.20. The molecule has 0 aliphatic rings. The number of anilines is 1. The number of carbonyl (C=O) groups is 1. The minimum absolute atomic E-state index is 0.150. The number of pyridine rings is 1. The lowest BCUT2D eigenvalue weighted by atomic mass is 10.0. The molecule has 0 fully saturated rings. The van der Waals surface area contributed by atoms with E-state index in [-0.39, 0.29) is 23.7 Å². The van der Waals surface area contributed by atoms with E-state index in [1.165, 1.54) is 16.7 Å². The Morgan fingerprint density at radius 3 is 2.50 bits per heavy atom. The van der Waals surface area contributed by atoms with Gasteiger partial charge in [-0.15, -0.1) is 0 Å². The highest BCUT2D eigenvalue weighted by atomic mass is 19.1. The SMILES string of the molecule is Cc1ccc(NC(=O)CCc2c(C)c3c(C)nn(-c4cccc(F)c4)c3n(C)c2=O)cc1. The number of nitrogens with one attached hydrogen (secondary N) is 1. The lowest BCUT2D eigenvalue weighted by Gasteiger charge is -2.13. The van der Waals surface area contributed by atoms with Gasteiger partial charge in [0.1, 0.15) is 11.5 Å². The second-order valence-corrected chi connectivity index (χ2v) is 8.06. The quantitative estimate of drug-likeness (QED) is 0.510. The molecule has 7 heteroatoms. The zero-order valence-electron chi connectivity index (χ0n) is 18.6. The number of amides is 1. The van der Waals surface area contributed by atoms with E-state index in [2.05, 4.69) is 10.4 Å². The number of aromatic nitrogens is 3. The average molecular weight is 432 g/mol. The van der Waals surface area contributed by atoms with Crippen molar-refractivity contribution in [1.82, 2.24) is 14.3 Å². The number of halogens is 1. The lowest BCUT2D eigenvalue weighted by molar-refractivity contribution is -0.116. The Hall–Kier alpha value is -3.74. The van der Waals surface area contributed by atoms with Crippen molar-refractivity contribution < 1.29 is 9.18 Å². The summed E-state index contributed by atoms with van der Waals surface area (Å²) in [6, 6.07) is 13.7. The summed E-state index contributed by atoms with van der Waals surface area (Å²) in [5.74, 6) is -0.524. The van der Waals surface area contributed by atoms with E-state index in [0.29, 0.717) is 23.3 Å². The lowest BCUT2D eigenvalue weighted by Crippen LogP contribution is -2.25. The van der Waals surface area contributed by atoms with Crippen LogP contribution in [0.5, 0.6) is 0 Å². The topological polar surface area (TPSA) is 68.9 Å². The first-order valence-corrected chi connectivity index (χ1v) is 10.5. The highest BCUT2D eigenvalue weighted by Crippen LogP contribution is 2.26. The summed E-state index contributed by atoms with van der Waals surface area (Å²) < 4.78 is 16.9. The van der Waals surface area contributed by atoms with Gasteiger partial charge in [-0.05, 0) is 63.1 Å². The molecule has 0 spiro atoms. The van der Waals surface area contributed by atoms with Crippen LogP contribution in [0.25, 0.3) is 16.7 Å². The van der Waals surface area contributed by atoms with E-state index in [1.54, 1.807) is 23.9 Å². The van der Waals surface area contributed by atoms with Gasteiger partial charge in [-0.2, -0.15) is 5.10 Å². The molecule has 2 aromatic carbocycles. The van der Waals surface area contributed by atoms with Crippen molar-refractivity contribution in [1.29, 1.82) is 0 Å². The maximum Gasteiger partial charge on any atom is 0.255 e. The number of aryl methyl sites for hydroxylation is 4. The molecule has 0 aliphatic carbocycles. The first-order valence-electron chi connectivity index (χ1n) is 10.5. The van der Waals surface area contributed by atoms with Crippen molar-refractivity contribution in [3.8, 4) is 5.69 Å². The van der Waals surface area contributed by atoms with Crippen LogP contribution < -0.4 is 10.9 Å². The van der Waals surface area contributed by atoms with E-state index in [0.717, 1.165) is 27.9 Å². The molecule has 0 unspecified atom stereocenters. The average Bonchev–Trinajstić information content (AvgIpc) is 3.11. The molecule has 0 saturated heterocycles. The van der Waals surface area contributed by atoms with Crippen LogP contribution in [0.2, 0.25) is 0 Å². The number of fused-ring (bicyclic) bond motifs is 1. The second-order valence-electron chi connectivity index (χ2n) is 8.06. The van der Waals surface area contributed by atoms with Crippen molar-refractivity contribution in [2.45, 2.75) is 33.6 Å². The summed E-state index contributed by atoms with van der Waals surface area (Å²) in [4.78, 5) is 25.6. The first-order chi connectivity index (χ1) is 15.3. The minimum Gasteiger partial charge on any atom is -0.326 e. The molecule has 2 aromatic heterocycles. The molecular weight excluding hydrogens is 407 g/mol. The van der Waals surface area contributed by atoms with Gasteiger partial charge in [0.15, 0.2) is 0 Å². The third-order valence-corrected chi connectivity index (χ3v) is 5.73. The van der Waals surface area contributed by atoms with Gasteiger partial charge in [0.2, 0.25) is 5.91 Å². The molecule has 0 bridgehead atoms. The van der Waals surface area contributed by atoms with Gasteiger partial charge in [0.25, 0.3) is 5.56 Å². The van der Waals surface area contributed by atoms with Gasteiger partial charge in [-0.25, -0.2) is 9.07 Å². The Balaban J connectivity index is 1.68. The number of benzene rings is 2. The van der Waals surface area contributed by atoms with Gasteiger partial charge in [-0.1, -0.05) is 23.8 Å². The summed E-state index contributed by atoms with van der Waals surface area (Å²) in [7, 11) is 1.68. The fourth-order valence-electron chi connectivity index (χ4n) is 4.06. The molecule has 4 rings (SSSR count). The molecule has 0 radical (unpaired) electrons. The molecule has 0 atom stereocenters. The number of rotatable bonds is 5. The zero-order chi connectivity index (χ0) is 23.0. The highest BCUT2D eigenvalue weighted by molar-refractivity contribution is 5.91. The van der Waals surface area contributed by atoms with Gasteiger partial charge in [0.05, 0.1) is 11.4 Å². The van der Waals surface area contributed by atoms with Crippen LogP contribution in [0.1, 0.15) is 28.8 Å². The predicted octanol–water partition coefficient (Wildman–Crippen LogP) is 4.36.